The van der Waals surface area contributed by atoms with Crippen LogP contribution in [0.2, 0.25) is 0 Å². The fourth-order valence-electron chi connectivity index (χ4n) is 3.30. The molecule has 0 bridgehead atoms. The Bertz CT molecular complexity index is 898. The van der Waals surface area contributed by atoms with Crippen LogP contribution in [0.25, 0.3) is 0 Å². The molecule has 0 spiro atoms. The summed E-state index contributed by atoms with van der Waals surface area (Å²) < 4.78 is 11.3. The molecule has 1 aliphatic heterocycles. The zero-order valence-corrected chi connectivity index (χ0v) is 17.5. The molecular weight excluding hydrogens is 392 g/mol. The molecule has 2 aromatic rings. The highest BCUT2D eigenvalue weighted by molar-refractivity contribution is 7.99. The molecule has 0 unspecified atom stereocenters. The second-order valence-corrected chi connectivity index (χ2v) is 8.49. The lowest BCUT2D eigenvalue weighted by molar-refractivity contribution is -0.384. The first-order valence-corrected chi connectivity index (χ1v) is 10.4. The van der Waals surface area contributed by atoms with Gasteiger partial charge in [-0.1, -0.05) is 12.1 Å². The van der Waals surface area contributed by atoms with Gasteiger partial charge in [0.25, 0.3) is 5.69 Å². The number of methoxy groups -OCH3 is 1. The number of thioether (sulfide) groups is 1. The van der Waals surface area contributed by atoms with Crippen molar-refractivity contribution in [2.75, 3.05) is 12.9 Å². The third-order valence-electron chi connectivity index (χ3n) is 4.66. The number of nitro benzene ring substituents is 1. The summed E-state index contributed by atoms with van der Waals surface area (Å²) in [6.07, 6.45) is 0.672. The van der Waals surface area contributed by atoms with E-state index in [1.54, 1.807) is 19.2 Å². The molecule has 0 saturated carbocycles. The number of nitro groups is 1. The summed E-state index contributed by atoms with van der Waals surface area (Å²) in [6, 6.07) is 11.9. The number of amides is 1. The van der Waals surface area contributed by atoms with Gasteiger partial charge >= 0.3 is 0 Å². The minimum absolute atomic E-state index is 0.0543. The maximum Gasteiger partial charge on any atom is 0.269 e. The summed E-state index contributed by atoms with van der Waals surface area (Å²) in [4.78, 5) is 22.8. The molecule has 154 valence electrons. The van der Waals surface area contributed by atoms with Crippen molar-refractivity contribution in [1.29, 1.82) is 0 Å². The fraction of sp³-hybridized carbons (Fsp3) is 0.381. The van der Waals surface area contributed by atoms with Crippen molar-refractivity contribution < 1.29 is 19.2 Å². The zero-order valence-electron chi connectivity index (χ0n) is 16.6. The first-order chi connectivity index (χ1) is 13.8. The van der Waals surface area contributed by atoms with Crippen molar-refractivity contribution in [2.45, 2.75) is 37.7 Å². The summed E-state index contributed by atoms with van der Waals surface area (Å²) >= 11 is 1.47. The lowest BCUT2D eigenvalue weighted by atomic mass is 9.89. The van der Waals surface area contributed by atoms with Gasteiger partial charge in [0.1, 0.15) is 17.1 Å². The van der Waals surface area contributed by atoms with Crippen molar-refractivity contribution in [3.63, 3.8) is 0 Å². The number of carbonyl (C=O) groups excluding carboxylic acids is 1. The van der Waals surface area contributed by atoms with Crippen LogP contribution < -0.4 is 14.8 Å². The van der Waals surface area contributed by atoms with Crippen LogP contribution in [0.3, 0.4) is 0 Å². The molecule has 0 radical (unpaired) electrons. The average Bonchev–Trinajstić information content (AvgIpc) is 2.67. The first kappa shape index (κ1) is 21.0. The van der Waals surface area contributed by atoms with Crippen LogP contribution in [0.5, 0.6) is 11.5 Å². The third-order valence-corrected chi connectivity index (χ3v) is 5.67. The third kappa shape index (κ3) is 5.41. The summed E-state index contributed by atoms with van der Waals surface area (Å²) in [7, 11) is 1.61. The number of nitrogens with one attached hydrogen (secondary N) is 1. The van der Waals surface area contributed by atoms with Gasteiger partial charge in [-0.2, -0.15) is 0 Å². The Hall–Kier alpha value is -2.74. The molecule has 3 rings (SSSR count). The predicted octanol–water partition coefficient (Wildman–Crippen LogP) is 4.26. The fourth-order valence-corrected chi connectivity index (χ4v) is 4.10. The first-order valence-electron chi connectivity index (χ1n) is 9.25. The Labute approximate surface area is 173 Å². The number of rotatable bonds is 7. The normalized spacial score (nSPS) is 17.0. The maximum absolute atomic E-state index is 12.5. The number of nitrogens with zero attached hydrogens (tertiary/aromatic N) is 1. The van der Waals surface area contributed by atoms with Crippen molar-refractivity contribution in [1.82, 2.24) is 5.32 Å². The van der Waals surface area contributed by atoms with Gasteiger partial charge in [0.2, 0.25) is 5.91 Å². The standard InChI is InChI=1S/C21H24N2O5S/c1-21(2)11-18(17-9-8-16(27-3)10-19(17)28-21)22-20(24)13-29-12-14-4-6-15(7-5-14)23(25)26/h4-10,18H,11-13H2,1-3H3,(H,22,24)/t18-/m1/s1. The average molecular weight is 416 g/mol. The van der Waals surface area contributed by atoms with E-state index in [1.165, 1.54) is 23.9 Å². The molecule has 1 atom stereocenters. The Morgan fingerprint density at radius 2 is 2.03 bits per heavy atom. The van der Waals surface area contributed by atoms with Crippen molar-refractivity contribution in [3.05, 3.63) is 63.7 Å². The van der Waals surface area contributed by atoms with Gasteiger partial charge in [-0.25, -0.2) is 0 Å². The molecule has 8 heteroatoms. The van der Waals surface area contributed by atoms with E-state index in [0.29, 0.717) is 23.7 Å². The monoisotopic (exact) mass is 416 g/mol. The molecule has 0 fully saturated rings. The number of carbonyl (C=O) groups is 1. The smallest absolute Gasteiger partial charge is 0.269 e. The number of non-ortho nitro benzene ring substituents is 1. The molecule has 2 aromatic carbocycles. The highest BCUT2D eigenvalue weighted by Gasteiger charge is 2.34. The van der Waals surface area contributed by atoms with Crippen LogP contribution in [-0.2, 0) is 10.5 Å². The van der Waals surface area contributed by atoms with Gasteiger partial charge in [-0.15, -0.1) is 11.8 Å². The minimum atomic E-state index is -0.423. The van der Waals surface area contributed by atoms with Crippen molar-refractivity contribution >= 4 is 23.4 Å². The number of ether oxygens (including phenoxy) is 2. The summed E-state index contributed by atoms with van der Waals surface area (Å²) in [5.41, 5.74) is 1.55. The second kappa shape index (κ2) is 8.73. The highest BCUT2D eigenvalue weighted by Crippen LogP contribution is 2.41. The largest absolute Gasteiger partial charge is 0.497 e. The summed E-state index contributed by atoms with van der Waals surface area (Å²) in [5, 5.41) is 13.8. The Balaban J connectivity index is 1.58. The number of fused-ring (bicyclic) bond motifs is 1. The van der Waals surface area contributed by atoms with Gasteiger partial charge in [-0.3, -0.25) is 14.9 Å². The van der Waals surface area contributed by atoms with Crippen LogP contribution >= 0.6 is 11.8 Å². The van der Waals surface area contributed by atoms with Crippen molar-refractivity contribution in [3.8, 4) is 11.5 Å². The molecule has 1 N–H and O–H groups in total. The second-order valence-electron chi connectivity index (χ2n) is 7.51. The van der Waals surface area contributed by atoms with E-state index >= 15 is 0 Å². The highest BCUT2D eigenvalue weighted by atomic mass is 32.2. The molecule has 0 saturated heterocycles. The topological polar surface area (TPSA) is 90.7 Å². The van der Waals surface area contributed by atoms with E-state index in [2.05, 4.69) is 5.32 Å². The van der Waals surface area contributed by atoms with E-state index in [-0.39, 0.29) is 17.6 Å². The van der Waals surface area contributed by atoms with Gasteiger partial charge in [0.05, 0.1) is 23.8 Å². The van der Waals surface area contributed by atoms with E-state index in [1.807, 2.05) is 32.0 Å². The molecule has 1 aliphatic rings. The zero-order chi connectivity index (χ0) is 21.0. The van der Waals surface area contributed by atoms with Crippen molar-refractivity contribution in [2.24, 2.45) is 0 Å². The maximum atomic E-state index is 12.5. The van der Waals surface area contributed by atoms with E-state index in [4.69, 9.17) is 9.47 Å². The lowest BCUT2D eigenvalue weighted by Gasteiger charge is -2.38. The Morgan fingerprint density at radius 1 is 1.31 bits per heavy atom. The van der Waals surface area contributed by atoms with Crippen LogP contribution in [0.4, 0.5) is 5.69 Å². The summed E-state index contributed by atoms with van der Waals surface area (Å²) in [5.74, 6) is 2.30. The predicted molar refractivity (Wildman–Crippen MR) is 112 cm³/mol. The van der Waals surface area contributed by atoms with E-state index in [0.717, 1.165) is 16.9 Å². The minimum Gasteiger partial charge on any atom is -0.497 e. The lowest BCUT2D eigenvalue weighted by Crippen LogP contribution is -2.41. The van der Waals surface area contributed by atoms with Crippen LogP contribution in [0.15, 0.2) is 42.5 Å². The molecule has 1 amide bonds. The molecule has 1 heterocycles. The van der Waals surface area contributed by atoms with Crippen LogP contribution in [0.1, 0.15) is 37.4 Å². The molecule has 0 aliphatic carbocycles. The van der Waals surface area contributed by atoms with Gasteiger partial charge in [-0.05, 0) is 31.5 Å². The number of hydrogen-bond donors (Lipinski definition) is 1. The quantitative estimate of drug-likeness (QED) is 0.536. The van der Waals surface area contributed by atoms with E-state index in [9.17, 15) is 14.9 Å². The molecule has 29 heavy (non-hydrogen) atoms. The van der Waals surface area contributed by atoms with Gasteiger partial charge < -0.3 is 14.8 Å². The van der Waals surface area contributed by atoms with E-state index < -0.39 is 10.5 Å². The Kier molecular flexibility index (Phi) is 6.32. The SMILES string of the molecule is COc1ccc2c(c1)OC(C)(C)C[C@H]2NC(=O)CSCc1ccc([N+](=O)[O-])cc1. The summed E-state index contributed by atoms with van der Waals surface area (Å²) in [6.45, 7) is 4.00. The molecular formula is C21H24N2O5S. The van der Waals surface area contributed by atoms with Crippen LogP contribution in [0, 0.1) is 10.1 Å². The van der Waals surface area contributed by atoms with Gasteiger partial charge in [0, 0.05) is 35.9 Å². The Morgan fingerprint density at radius 3 is 2.69 bits per heavy atom. The number of hydrogen-bond acceptors (Lipinski definition) is 6. The number of benzene rings is 2. The van der Waals surface area contributed by atoms with Gasteiger partial charge in [0.15, 0.2) is 0 Å². The van der Waals surface area contributed by atoms with Crippen LogP contribution in [-0.4, -0.2) is 29.3 Å². The molecule has 0 aromatic heterocycles. The molecule has 7 nitrogen and oxygen atoms in total.